The molecule has 0 unspecified atom stereocenters. The highest BCUT2D eigenvalue weighted by Crippen LogP contribution is 2.39. The molecular weight excluding hydrogens is 376 g/mol. The maximum absolute atomic E-state index is 12.8. The molecule has 2 aliphatic rings. The summed E-state index contributed by atoms with van der Waals surface area (Å²) in [4.78, 5) is 15.8. The largest absolute Gasteiger partial charge is 0.507 e. The second-order valence-corrected chi connectivity index (χ2v) is 7.90. The average Bonchev–Trinajstić information content (AvgIpc) is 3.02. The van der Waals surface area contributed by atoms with Gasteiger partial charge in [0.15, 0.2) is 11.5 Å². The van der Waals surface area contributed by atoms with Crippen molar-refractivity contribution in [2.24, 2.45) is 0 Å². The van der Waals surface area contributed by atoms with Gasteiger partial charge in [0.25, 0.3) is 0 Å². The first-order chi connectivity index (χ1) is 13.5. The number of phenolic OH excluding ortho intramolecular Hbond substituents is 1. The van der Waals surface area contributed by atoms with E-state index in [0.29, 0.717) is 22.9 Å². The van der Waals surface area contributed by atoms with Crippen LogP contribution in [0.2, 0.25) is 5.02 Å². The smallest absolute Gasteiger partial charge is 0.231 e. The number of carbonyl (C=O) groups excluding carboxylic acids is 1. The van der Waals surface area contributed by atoms with E-state index >= 15 is 0 Å². The zero-order valence-corrected chi connectivity index (χ0v) is 16.7. The number of Topliss-reactive ketones (excluding diaryl/α,β-unsaturated/α-hetero) is 1. The van der Waals surface area contributed by atoms with Crippen molar-refractivity contribution in [3.8, 4) is 11.5 Å². The van der Waals surface area contributed by atoms with Crippen molar-refractivity contribution < 1.29 is 24.4 Å². The zero-order valence-electron chi connectivity index (χ0n) is 15.9. The Morgan fingerprint density at radius 3 is 2.43 bits per heavy atom. The number of nitrogens with one attached hydrogen (secondary N) is 2. The van der Waals surface area contributed by atoms with Crippen LogP contribution in [0.1, 0.15) is 28.4 Å². The van der Waals surface area contributed by atoms with Crippen LogP contribution in [0, 0.1) is 0 Å². The topological polar surface area (TPSA) is 55.4 Å². The van der Waals surface area contributed by atoms with Gasteiger partial charge in [-0.05, 0) is 42.8 Å². The first kappa shape index (κ1) is 19.0. The van der Waals surface area contributed by atoms with Crippen LogP contribution in [0.25, 0.3) is 6.08 Å². The van der Waals surface area contributed by atoms with E-state index in [2.05, 4.69) is 6.92 Å². The van der Waals surface area contributed by atoms with Gasteiger partial charge in [-0.2, -0.15) is 0 Å². The number of aromatic hydroxyl groups is 1. The van der Waals surface area contributed by atoms with E-state index in [9.17, 15) is 9.90 Å². The summed E-state index contributed by atoms with van der Waals surface area (Å²) in [5.74, 6) is 0.820. The van der Waals surface area contributed by atoms with E-state index in [1.54, 1.807) is 35.2 Å². The summed E-state index contributed by atoms with van der Waals surface area (Å²) < 4.78 is 5.95. The summed E-state index contributed by atoms with van der Waals surface area (Å²) in [6.45, 7) is 8.38. The minimum atomic E-state index is -0.151. The lowest BCUT2D eigenvalue weighted by Crippen LogP contribution is -3.27. The predicted octanol–water partition coefficient (Wildman–Crippen LogP) is 0.965. The maximum atomic E-state index is 12.8. The Balaban J connectivity index is 1.58. The number of halogens is 1. The molecule has 0 amide bonds. The third-order valence-corrected chi connectivity index (χ3v) is 5.93. The molecule has 0 aliphatic carbocycles. The standard InChI is InChI=1S/C22H23ClN2O3/c1-2-24-9-11-25(12-10-24)14-18-19(26)8-7-17-21(27)20(28-22(17)18)13-15-3-5-16(23)6-4-15/h3-8,13,26H,2,9-12,14H2,1H3/p+2. The molecule has 0 atom stereocenters. The molecule has 5 nitrogen and oxygen atoms in total. The molecule has 2 aromatic carbocycles. The normalized spacial score (nSPS) is 22.9. The van der Waals surface area contributed by atoms with Gasteiger partial charge in [0.1, 0.15) is 38.5 Å². The number of ether oxygens (including phenoxy) is 1. The van der Waals surface area contributed by atoms with Gasteiger partial charge in [-0.25, -0.2) is 0 Å². The number of ketones is 1. The summed E-state index contributed by atoms with van der Waals surface area (Å²) in [6.07, 6.45) is 1.72. The number of carbonyl (C=O) groups is 1. The molecular formula is C22H25ClN2O3+2. The Hall–Kier alpha value is -2.34. The van der Waals surface area contributed by atoms with Gasteiger partial charge in [0.05, 0.1) is 17.7 Å². The third kappa shape index (κ3) is 3.78. The van der Waals surface area contributed by atoms with E-state index in [4.69, 9.17) is 16.3 Å². The number of allylic oxidation sites excluding steroid dienone is 1. The number of piperazine rings is 1. The van der Waals surface area contributed by atoms with E-state index < -0.39 is 0 Å². The molecule has 0 spiro atoms. The molecule has 0 aromatic heterocycles. The number of likely N-dealkylation sites (N-methyl/N-ethyl adjacent to an activating group) is 1. The van der Waals surface area contributed by atoms with Crippen LogP contribution in [0.3, 0.4) is 0 Å². The number of rotatable bonds is 4. The fourth-order valence-corrected chi connectivity index (χ4v) is 4.04. The fraction of sp³-hybridized carbons (Fsp3) is 0.318. The van der Waals surface area contributed by atoms with Gasteiger partial charge < -0.3 is 19.6 Å². The second-order valence-electron chi connectivity index (χ2n) is 7.46. The summed E-state index contributed by atoms with van der Waals surface area (Å²) in [7, 11) is 0. The highest BCUT2D eigenvalue weighted by Gasteiger charge is 2.33. The molecule has 4 rings (SSSR count). The lowest BCUT2D eigenvalue weighted by Gasteiger charge is -2.29. The van der Waals surface area contributed by atoms with E-state index in [-0.39, 0.29) is 17.3 Å². The molecule has 146 valence electrons. The Morgan fingerprint density at radius 2 is 1.75 bits per heavy atom. The van der Waals surface area contributed by atoms with Crippen molar-refractivity contribution >= 4 is 23.5 Å². The monoisotopic (exact) mass is 400 g/mol. The average molecular weight is 401 g/mol. The summed E-state index contributed by atoms with van der Waals surface area (Å²) in [5.41, 5.74) is 2.08. The minimum Gasteiger partial charge on any atom is -0.507 e. The van der Waals surface area contributed by atoms with Crippen LogP contribution < -0.4 is 14.5 Å². The van der Waals surface area contributed by atoms with Gasteiger partial charge >= 0.3 is 0 Å². The molecule has 3 N–H and O–H groups in total. The van der Waals surface area contributed by atoms with Gasteiger partial charge in [0.2, 0.25) is 5.78 Å². The quantitative estimate of drug-likeness (QED) is 0.670. The summed E-state index contributed by atoms with van der Waals surface area (Å²) in [5, 5.41) is 11.1. The Labute approximate surface area is 169 Å². The maximum Gasteiger partial charge on any atom is 0.231 e. The Morgan fingerprint density at radius 1 is 1.07 bits per heavy atom. The summed E-state index contributed by atoms with van der Waals surface area (Å²) in [6, 6.07) is 10.5. The number of benzene rings is 2. The van der Waals surface area contributed by atoms with Crippen LogP contribution in [0.15, 0.2) is 42.2 Å². The molecule has 0 saturated carbocycles. The van der Waals surface area contributed by atoms with E-state index in [0.717, 1.165) is 43.9 Å². The minimum absolute atomic E-state index is 0.151. The highest BCUT2D eigenvalue weighted by atomic mass is 35.5. The molecule has 2 aliphatic heterocycles. The lowest BCUT2D eigenvalue weighted by molar-refractivity contribution is -1.02. The number of phenols is 1. The van der Waals surface area contributed by atoms with Crippen LogP contribution >= 0.6 is 11.6 Å². The Kier molecular flexibility index (Phi) is 5.40. The first-order valence-electron chi connectivity index (χ1n) is 9.77. The lowest BCUT2D eigenvalue weighted by atomic mass is 10.0. The number of hydrogen-bond donors (Lipinski definition) is 3. The van der Waals surface area contributed by atoms with Crippen molar-refractivity contribution in [3.05, 3.63) is 63.9 Å². The highest BCUT2D eigenvalue weighted by molar-refractivity contribution is 6.30. The molecule has 0 radical (unpaired) electrons. The van der Waals surface area contributed by atoms with Gasteiger partial charge in [-0.15, -0.1) is 0 Å². The summed E-state index contributed by atoms with van der Waals surface area (Å²) >= 11 is 5.93. The number of fused-ring (bicyclic) bond motifs is 1. The molecule has 0 bridgehead atoms. The number of quaternary nitrogens is 2. The molecule has 28 heavy (non-hydrogen) atoms. The molecule has 6 heteroatoms. The van der Waals surface area contributed by atoms with Gasteiger partial charge in [-0.1, -0.05) is 23.7 Å². The van der Waals surface area contributed by atoms with E-state index in [1.807, 2.05) is 12.1 Å². The Bertz CT molecular complexity index is 916. The van der Waals surface area contributed by atoms with Crippen LogP contribution in [0.4, 0.5) is 0 Å². The van der Waals surface area contributed by atoms with Crippen molar-refractivity contribution in [1.29, 1.82) is 0 Å². The molecule has 2 aromatic rings. The van der Waals surface area contributed by atoms with Crippen LogP contribution in [-0.2, 0) is 6.54 Å². The van der Waals surface area contributed by atoms with Crippen LogP contribution in [0.5, 0.6) is 11.5 Å². The van der Waals surface area contributed by atoms with Crippen molar-refractivity contribution in [2.45, 2.75) is 13.5 Å². The third-order valence-electron chi connectivity index (χ3n) is 5.67. The van der Waals surface area contributed by atoms with E-state index in [1.165, 1.54) is 4.90 Å². The van der Waals surface area contributed by atoms with Gasteiger partial charge in [0, 0.05) is 5.02 Å². The second kappa shape index (κ2) is 7.95. The van der Waals surface area contributed by atoms with Gasteiger partial charge in [-0.3, -0.25) is 4.79 Å². The van der Waals surface area contributed by atoms with Crippen molar-refractivity contribution in [3.63, 3.8) is 0 Å². The van der Waals surface area contributed by atoms with Crippen molar-refractivity contribution in [2.75, 3.05) is 32.7 Å². The SMILES string of the molecule is CC[NH+]1CC[NH+](Cc2c(O)ccc3c2OC(=Cc2ccc(Cl)cc2)C3=O)CC1. The molecule has 1 fully saturated rings. The van der Waals surface area contributed by atoms with Crippen LogP contribution in [-0.4, -0.2) is 43.6 Å². The molecule has 1 saturated heterocycles. The van der Waals surface area contributed by atoms with Crippen molar-refractivity contribution in [1.82, 2.24) is 0 Å². The number of hydrogen-bond acceptors (Lipinski definition) is 3. The first-order valence-corrected chi connectivity index (χ1v) is 10.1. The molecule has 2 heterocycles. The zero-order chi connectivity index (χ0) is 19.7. The predicted molar refractivity (Wildman–Crippen MR) is 108 cm³/mol. The fourth-order valence-electron chi connectivity index (χ4n) is 3.92.